The highest BCUT2D eigenvalue weighted by Gasteiger charge is 2.06. The lowest BCUT2D eigenvalue weighted by molar-refractivity contribution is -0.113. The summed E-state index contributed by atoms with van der Waals surface area (Å²) >= 11 is 4.59. The molecule has 0 aliphatic heterocycles. The van der Waals surface area contributed by atoms with E-state index in [4.69, 9.17) is 4.74 Å². The van der Waals surface area contributed by atoms with Gasteiger partial charge in [0.05, 0.1) is 12.4 Å². The number of nitrogens with one attached hydrogen (secondary N) is 1. The van der Waals surface area contributed by atoms with Crippen molar-refractivity contribution in [2.75, 3.05) is 17.7 Å². The lowest BCUT2D eigenvalue weighted by Crippen LogP contribution is -2.14. The second-order valence-electron chi connectivity index (χ2n) is 4.73. The molecule has 122 valence electrons. The molecule has 0 atom stereocenters. The zero-order valence-corrected chi connectivity index (χ0v) is 15.0. The quantitative estimate of drug-likeness (QED) is 0.724. The molecule has 0 bridgehead atoms. The first-order valence-corrected chi connectivity index (χ1v) is 9.07. The van der Waals surface area contributed by atoms with Crippen molar-refractivity contribution in [1.82, 2.24) is 0 Å². The normalized spacial score (nSPS) is 10.4. The highest BCUT2D eigenvalue weighted by atomic mass is 79.9. The van der Waals surface area contributed by atoms with Crippen LogP contribution in [0.5, 0.6) is 5.75 Å². The predicted octanol–water partition coefficient (Wildman–Crippen LogP) is 4.86. The number of amides is 1. The highest BCUT2D eigenvalue weighted by molar-refractivity contribution is 9.10. The van der Waals surface area contributed by atoms with Crippen LogP contribution in [0.4, 0.5) is 10.1 Å². The average molecular weight is 398 g/mol. The zero-order valence-electron chi connectivity index (χ0n) is 12.6. The minimum Gasteiger partial charge on any atom is -0.494 e. The third kappa shape index (κ3) is 5.88. The van der Waals surface area contributed by atoms with E-state index in [9.17, 15) is 9.18 Å². The van der Waals surface area contributed by atoms with Crippen molar-refractivity contribution in [3.05, 3.63) is 58.3 Å². The number of thioether (sulfide) groups is 1. The van der Waals surface area contributed by atoms with Crippen LogP contribution in [0.15, 0.2) is 46.9 Å². The second-order valence-corrected chi connectivity index (χ2v) is 6.64. The largest absolute Gasteiger partial charge is 0.494 e. The van der Waals surface area contributed by atoms with Gasteiger partial charge in [-0.15, -0.1) is 11.8 Å². The van der Waals surface area contributed by atoms with E-state index in [1.165, 1.54) is 17.8 Å². The van der Waals surface area contributed by atoms with Gasteiger partial charge in [0.1, 0.15) is 11.6 Å². The van der Waals surface area contributed by atoms with Gasteiger partial charge < -0.3 is 10.1 Å². The summed E-state index contributed by atoms with van der Waals surface area (Å²) in [5.74, 6) is 1.11. The van der Waals surface area contributed by atoms with Crippen molar-refractivity contribution < 1.29 is 13.9 Å². The van der Waals surface area contributed by atoms with E-state index in [0.29, 0.717) is 28.1 Å². The van der Waals surface area contributed by atoms with Crippen LogP contribution in [0.1, 0.15) is 12.5 Å². The molecule has 0 heterocycles. The van der Waals surface area contributed by atoms with Gasteiger partial charge >= 0.3 is 0 Å². The lowest BCUT2D eigenvalue weighted by Gasteiger charge is -2.07. The molecular weight excluding hydrogens is 381 g/mol. The van der Waals surface area contributed by atoms with Gasteiger partial charge in [-0.3, -0.25) is 4.79 Å². The first kappa shape index (κ1) is 17.8. The summed E-state index contributed by atoms with van der Waals surface area (Å²) in [5.41, 5.74) is 1.31. The van der Waals surface area contributed by atoms with Gasteiger partial charge in [0, 0.05) is 15.9 Å². The Labute approximate surface area is 147 Å². The number of halogens is 2. The number of ether oxygens (including phenoxy) is 1. The van der Waals surface area contributed by atoms with E-state index in [1.807, 2.05) is 19.1 Å². The number of carbonyl (C=O) groups is 1. The minimum atomic E-state index is -0.265. The summed E-state index contributed by atoms with van der Waals surface area (Å²) in [5, 5.41) is 2.80. The molecule has 1 amide bonds. The molecule has 2 aromatic rings. The molecule has 0 saturated carbocycles. The van der Waals surface area contributed by atoms with E-state index in [-0.39, 0.29) is 17.5 Å². The van der Waals surface area contributed by atoms with Crippen molar-refractivity contribution in [3.63, 3.8) is 0 Å². The van der Waals surface area contributed by atoms with Gasteiger partial charge in [-0.1, -0.05) is 22.0 Å². The number of carbonyl (C=O) groups excluding carboxylic acids is 1. The van der Waals surface area contributed by atoms with E-state index in [1.54, 1.807) is 24.3 Å². The number of anilines is 1. The molecule has 2 rings (SSSR count). The van der Waals surface area contributed by atoms with E-state index >= 15 is 0 Å². The van der Waals surface area contributed by atoms with Gasteiger partial charge in [-0.2, -0.15) is 0 Å². The van der Waals surface area contributed by atoms with Gasteiger partial charge in [0.2, 0.25) is 5.91 Å². The Morgan fingerprint density at radius 2 is 2.00 bits per heavy atom. The Kier molecular flexibility index (Phi) is 6.92. The molecule has 0 fully saturated rings. The highest BCUT2D eigenvalue weighted by Crippen LogP contribution is 2.20. The number of rotatable bonds is 7. The topological polar surface area (TPSA) is 38.3 Å². The van der Waals surface area contributed by atoms with Crippen molar-refractivity contribution in [2.45, 2.75) is 12.7 Å². The molecule has 0 radical (unpaired) electrons. The van der Waals surface area contributed by atoms with Crippen LogP contribution in [0, 0.1) is 5.82 Å². The van der Waals surface area contributed by atoms with E-state index in [2.05, 4.69) is 21.2 Å². The fourth-order valence-corrected chi connectivity index (χ4v) is 3.04. The SMILES string of the molecule is CCOc1ccc(NC(=O)CSCc2ccc(Br)cc2F)cc1. The molecule has 0 aromatic heterocycles. The van der Waals surface area contributed by atoms with Gasteiger partial charge in [-0.25, -0.2) is 4.39 Å². The van der Waals surface area contributed by atoms with Gasteiger partial charge in [-0.05, 0) is 48.9 Å². The van der Waals surface area contributed by atoms with Gasteiger partial charge in [0.15, 0.2) is 0 Å². The third-order valence-corrected chi connectivity index (χ3v) is 4.43. The number of benzene rings is 2. The summed E-state index contributed by atoms with van der Waals surface area (Å²) in [6.45, 7) is 2.52. The standard InChI is InChI=1S/C17H17BrFNO2S/c1-2-22-15-7-5-14(6-8-15)20-17(21)11-23-10-12-3-4-13(18)9-16(12)19/h3-9H,2,10-11H2,1H3,(H,20,21). The fourth-order valence-electron chi connectivity index (χ4n) is 1.89. The van der Waals surface area contributed by atoms with Gasteiger partial charge in [0.25, 0.3) is 0 Å². The van der Waals surface area contributed by atoms with Crippen molar-refractivity contribution in [2.24, 2.45) is 0 Å². The summed E-state index contributed by atoms with van der Waals surface area (Å²) in [6.07, 6.45) is 0. The molecular formula is C17H17BrFNO2S. The maximum Gasteiger partial charge on any atom is 0.234 e. The van der Waals surface area contributed by atoms with E-state index in [0.717, 1.165) is 5.75 Å². The molecule has 6 heteroatoms. The molecule has 1 N–H and O–H groups in total. The van der Waals surface area contributed by atoms with Crippen LogP contribution >= 0.6 is 27.7 Å². The fraction of sp³-hybridized carbons (Fsp3) is 0.235. The Balaban J connectivity index is 1.78. The molecule has 0 saturated heterocycles. The van der Waals surface area contributed by atoms with Crippen LogP contribution in [0.3, 0.4) is 0 Å². The molecule has 0 aliphatic rings. The Bertz CT molecular complexity index is 664. The van der Waals surface area contributed by atoms with Crippen molar-refractivity contribution in [3.8, 4) is 5.75 Å². The number of hydrogen-bond donors (Lipinski definition) is 1. The number of hydrogen-bond acceptors (Lipinski definition) is 3. The molecule has 23 heavy (non-hydrogen) atoms. The predicted molar refractivity (Wildman–Crippen MR) is 96.5 cm³/mol. The molecule has 0 unspecified atom stereocenters. The maximum atomic E-state index is 13.7. The Morgan fingerprint density at radius 1 is 1.26 bits per heavy atom. The first-order valence-electron chi connectivity index (χ1n) is 7.13. The van der Waals surface area contributed by atoms with Crippen LogP contribution in [0.25, 0.3) is 0 Å². The molecule has 3 nitrogen and oxygen atoms in total. The van der Waals surface area contributed by atoms with Crippen LogP contribution in [0.2, 0.25) is 0 Å². The minimum absolute atomic E-state index is 0.114. The summed E-state index contributed by atoms with van der Waals surface area (Å²) < 4.78 is 19.7. The van der Waals surface area contributed by atoms with Crippen molar-refractivity contribution in [1.29, 1.82) is 0 Å². The lowest BCUT2D eigenvalue weighted by atomic mass is 10.2. The van der Waals surface area contributed by atoms with Crippen LogP contribution in [-0.2, 0) is 10.5 Å². The summed E-state index contributed by atoms with van der Waals surface area (Å²) in [4.78, 5) is 11.9. The smallest absolute Gasteiger partial charge is 0.234 e. The molecule has 0 spiro atoms. The third-order valence-electron chi connectivity index (χ3n) is 2.95. The Morgan fingerprint density at radius 3 is 2.65 bits per heavy atom. The summed E-state index contributed by atoms with van der Waals surface area (Å²) in [7, 11) is 0. The monoisotopic (exact) mass is 397 g/mol. The molecule has 2 aromatic carbocycles. The first-order chi connectivity index (χ1) is 11.1. The van der Waals surface area contributed by atoms with E-state index < -0.39 is 0 Å². The summed E-state index contributed by atoms with van der Waals surface area (Å²) in [6, 6.07) is 12.1. The average Bonchev–Trinajstić information content (AvgIpc) is 2.52. The zero-order chi connectivity index (χ0) is 16.7. The van der Waals surface area contributed by atoms with Crippen molar-refractivity contribution >= 4 is 39.3 Å². The van der Waals surface area contributed by atoms with Crippen LogP contribution in [-0.4, -0.2) is 18.3 Å². The Hall–Kier alpha value is -1.53. The van der Waals surface area contributed by atoms with Crippen LogP contribution < -0.4 is 10.1 Å². The maximum absolute atomic E-state index is 13.7. The second kappa shape index (κ2) is 8.93. The molecule has 0 aliphatic carbocycles.